The standard InChI is InChI=1S/C26H36N2O2S/c1-6-24(26(30)27-17-19(2)3)28(18-22-11-7-20(4)8-12-22)25(29)15-16-31-23-13-9-21(5)10-14-23/h7-14,19,24H,6,15-18H2,1-5H3,(H,27,30)/t24-/m0/s1. The molecule has 168 valence electrons. The molecule has 0 aliphatic heterocycles. The summed E-state index contributed by atoms with van der Waals surface area (Å²) in [6, 6.07) is 16.0. The molecule has 0 aliphatic carbocycles. The van der Waals surface area contributed by atoms with Gasteiger partial charge in [-0.2, -0.15) is 0 Å². The predicted molar refractivity (Wildman–Crippen MR) is 130 cm³/mol. The van der Waals surface area contributed by atoms with Crippen LogP contribution in [0.2, 0.25) is 0 Å². The van der Waals surface area contributed by atoms with Gasteiger partial charge in [-0.3, -0.25) is 9.59 Å². The van der Waals surface area contributed by atoms with E-state index in [0.717, 1.165) is 10.5 Å². The molecule has 2 aromatic carbocycles. The summed E-state index contributed by atoms with van der Waals surface area (Å²) in [6.07, 6.45) is 0.991. The summed E-state index contributed by atoms with van der Waals surface area (Å²) < 4.78 is 0. The summed E-state index contributed by atoms with van der Waals surface area (Å²) in [4.78, 5) is 29.0. The molecule has 1 N–H and O–H groups in total. The first-order valence-electron chi connectivity index (χ1n) is 11.1. The van der Waals surface area contributed by atoms with Crippen LogP contribution >= 0.6 is 11.8 Å². The normalized spacial score (nSPS) is 11.9. The molecule has 0 aliphatic rings. The van der Waals surface area contributed by atoms with Crippen LogP contribution in [-0.4, -0.2) is 35.1 Å². The second-order valence-electron chi connectivity index (χ2n) is 8.48. The van der Waals surface area contributed by atoms with E-state index in [1.165, 1.54) is 11.1 Å². The Balaban J connectivity index is 2.10. The Morgan fingerprint density at radius 3 is 2.10 bits per heavy atom. The number of rotatable bonds is 11. The molecule has 0 radical (unpaired) electrons. The Hall–Kier alpha value is -2.27. The number of carbonyl (C=O) groups excluding carboxylic acids is 2. The van der Waals surface area contributed by atoms with Gasteiger partial charge in [0.15, 0.2) is 0 Å². The minimum absolute atomic E-state index is 0.0201. The van der Waals surface area contributed by atoms with E-state index in [0.29, 0.717) is 37.6 Å². The van der Waals surface area contributed by atoms with Gasteiger partial charge >= 0.3 is 0 Å². The van der Waals surface area contributed by atoms with Crippen LogP contribution in [0.25, 0.3) is 0 Å². The lowest BCUT2D eigenvalue weighted by Crippen LogP contribution is -2.49. The average Bonchev–Trinajstić information content (AvgIpc) is 2.74. The number of carbonyl (C=O) groups is 2. The van der Waals surface area contributed by atoms with Gasteiger partial charge in [-0.15, -0.1) is 11.8 Å². The van der Waals surface area contributed by atoms with Crippen molar-refractivity contribution >= 4 is 23.6 Å². The molecule has 5 heteroatoms. The first-order chi connectivity index (χ1) is 14.8. The summed E-state index contributed by atoms with van der Waals surface area (Å²) in [5.41, 5.74) is 3.45. The topological polar surface area (TPSA) is 49.4 Å². The van der Waals surface area contributed by atoms with Crippen molar-refractivity contribution in [3.63, 3.8) is 0 Å². The molecule has 0 fully saturated rings. The number of amides is 2. The lowest BCUT2D eigenvalue weighted by atomic mass is 10.1. The number of thioether (sulfide) groups is 1. The lowest BCUT2D eigenvalue weighted by molar-refractivity contribution is -0.141. The molecule has 2 rings (SSSR count). The van der Waals surface area contributed by atoms with Gasteiger partial charge in [-0.05, 0) is 43.9 Å². The Morgan fingerprint density at radius 1 is 0.968 bits per heavy atom. The molecule has 0 spiro atoms. The zero-order valence-electron chi connectivity index (χ0n) is 19.5. The van der Waals surface area contributed by atoms with Crippen LogP contribution in [0.3, 0.4) is 0 Å². The van der Waals surface area contributed by atoms with Gasteiger partial charge < -0.3 is 10.2 Å². The summed E-state index contributed by atoms with van der Waals surface area (Å²) >= 11 is 1.68. The first-order valence-corrected chi connectivity index (χ1v) is 12.1. The van der Waals surface area contributed by atoms with Crippen LogP contribution in [-0.2, 0) is 16.1 Å². The third-order valence-electron chi connectivity index (χ3n) is 5.15. The summed E-state index contributed by atoms with van der Waals surface area (Å²) in [6.45, 7) is 11.3. The largest absolute Gasteiger partial charge is 0.354 e. The number of hydrogen-bond donors (Lipinski definition) is 1. The smallest absolute Gasteiger partial charge is 0.242 e. The van der Waals surface area contributed by atoms with Crippen molar-refractivity contribution in [1.82, 2.24) is 10.2 Å². The SMILES string of the molecule is CC[C@@H](C(=O)NCC(C)C)N(Cc1ccc(C)cc1)C(=O)CCSc1ccc(C)cc1. The third-order valence-corrected chi connectivity index (χ3v) is 6.16. The highest BCUT2D eigenvalue weighted by Gasteiger charge is 2.28. The van der Waals surface area contributed by atoms with Crippen LogP contribution in [0.15, 0.2) is 53.4 Å². The van der Waals surface area contributed by atoms with E-state index in [1.54, 1.807) is 16.7 Å². The van der Waals surface area contributed by atoms with Gasteiger partial charge in [-0.1, -0.05) is 68.3 Å². The van der Waals surface area contributed by atoms with Crippen LogP contribution in [0.1, 0.15) is 50.3 Å². The second kappa shape index (κ2) is 12.6. The van der Waals surface area contributed by atoms with Gasteiger partial charge in [0, 0.05) is 30.2 Å². The third kappa shape index (κ3) is 8.41. The molecular formula is C26H36N2O2S. The zero-order valence-corrected chi connectivity index (χ0v) is 20.3. The van der Waals surface area contributed by atoms with E-state index in [1.807, 2.05) is 38.1 Å². The first kappa shape index (κ1) is 25.0. The molecule has 0 bridgehead atoms. The van der Waals surface area contributed by atoms with Crippen molar-refractivity contribution in [3.8, 4) is 0 Å². The van der Waals surface area contributed by atoms with Crippen molar-refractivity contribution in [2.24, 2.45) is 5.92 Å². The number of benzene rings is 2. The van der Waals surface area contributed by atoms with Gasteiger partial charge in [0.25, 0.3) is 0 Å². The van der Waals surface area contributed by atoms with Gasteiger partial charge in [0.2, 0.25) is 11.8 Å². The van der Waals surface area contributed by atoms with Crippen LogP contribution in [0, 0.1) is 19.8 Å². The van der Waals surface area contributed by atoms with E-state index >= 15 is 0 Å². The summed E-state index contributed by atoms with van der Waals surface area (Å²) in [5.74, 6) is 1.01. The summed E-state index contributed by atoms with van der Waals surface area (Å²) in [5, 5.41) is 3.01. The molecule has 31 heavy (non-hydrogen) atoms. The molecule has 1 atom stereocenters. The van der Waals surface area contributed by atoms with Gasteiger partial charge in [-0.25, -0.2) is 0 Å². The molecule has 2 amide bonds. The highest BCUT2D eigenvalue weighted by molar-refractivity contribution is 7.99. The molecule has 0 heterocycles. The monoisotopic (exact) mass is 440 g/mol. The van der Waals surface area contributed by atoms with E-state index in [2.05, 4.69) is 50.4 Å². The molecule has 0 saturated heterocycles. The minimum atomic E-state index is -0.461. The van der Waals surface area contributed by atoms with Crippen molar-refractivity contribution in [3.05, 3.63) is 65.2 Å². The van der Waals surface area contributed by atoms with Crippen LogP contribution < -0.4 is 5.32 Å². The quantitative estimate of drug-likeness (QED) is 0.478. The number of aryl methyl sites for hydroxylation is 2. The number of hydrogen-bond acceptors (Lipinski definition) is 3. The van der Waals surface area contributed by atoms with Crippen LogP contribution in [0.4, 0.5) is 0 Å². The maximum absolute atomic E-state index is 13.2. The number of nitrogens with one attached hydrogen (secondary N) is 1. The van der Waals surface area contributed by atoms with Crippen molar-refractivity contribution in [2.75, 3.05) is 12.3 Å². The minimum Gasteiger partial charge on any atom is -0.354 e. The molecular weight excluding hydrogens is 404 g/mol. The van der Waals surface area contributed by atoms with E-state index in [-0.39, 0.29) is 11.8 Å². The Morgan fingerprint density at radius 2 is 1.55 bits per heavy atom. The van der Waals surface area contributed by atoms with Gasteiger partial charge in [0.05, 0.1) is 0 Å². The van der Waals surface area contributed by atoms with Gasteiger partial charge in [0.1, 0.15) is 6.04 Å². The molecule has 0 unspecified atom stereocenters. The van der Waals surface area contributed by atoms with E-state index in [9.17, 15) is 9.59 Å². The highest BCUT2D eigenvalue weighted by atomic mass is 32.2. The predicted octanol–water partition coefficient (Wildman–Crippen LogP) is 5.37. The van der Waals surface area contributed by atoms with Crippen molar-refractivity contribution < 1.29 is 9.59 Å². The maximum Gasteiger partial charge on any atom is 0.242 e. The fraction of sp³-hybridized carbons (Fsp3) is 0.462. The Bertz CT molecular complexity index is 831. The van der Waals surface area contributed by atoms with Crippen LogP contribution in [0.5, 0.6) is 0 Å². The van der Waals surface area contributed by atoms with E-state index in [4.69, 9.17) is 0 Å². The van der Waals surface area contributed by atoms with Crippen molar-refractivity contribution in [1.29, 1.82) is 0 Å². The lowest BCUT2D eigenvalue weighted by Gasteiger charge is -2.31. The maximum atomic E-state index is 13.2. The average molecular weight is 441 g/mol. The second-order valence-corrected chi connectivity index (χ2v) is 9.65. The highest BCUT2D eigenvalue weighted by Crippen LogP contribution is 2.21. The molecule has 4 nitrogen and oxygen atoms in total. The summed E-state index contributed by atoms with van der Waals surface area (Å²) in [7, 11) is 0. The fourth-order valence-corrected chi connectivity index (χ4v) is 4.11. The molecule has 0 saturated carbocycles. The zero-order chi connectivity index (χ0) is 22.8. The molecule has 2 aromatic rings. The number of nitrogens with zero attached hydrogens (tertiary/aromatic N) is 1. The van der Waals surface area contributed by atoms with Crippen molar-refractivity contribution in [2.45, 2.75) is 64.9 Å². The fourth-order valence-electron chi connectivity index (χ4n) is 3.27. The Kier molecular flexibility index (Phi) is 10.1. The van der Waals surface area contributed by atoms with E-state index < -0.39 is 6.04 Å². The molecule has 0 aromatic heterocycles. The Labute approximate surface area is 191 Å².